The van der Waals surface area contributed by atoms with Crippen LogP contribution in [0, 0.1) is 10.1 Å². The van der Waals surface area contributed by atoms with E-state index in [1.807, 2.05) is 24.3 Å². The van der Waals surface area contributed by atoms with Crippen molar-refractivity contribution < 1.29 is 4.92 Å². The molecule has 0 saturated carbocycles. The van der Waals surface area contributed by atoms with E-state index in [2.05, 4.69) is 4.98 Å². The van der Waals surface area contributed by atoms with Gasteiger partial charge in [-0.3, -0.25) is 10.1 Å². The highest BCUT2D eigenvalue weighted by atomic mass is 35.5. The van der Waals surface area contributed by atoms with Crippen LogP contribution < -0.4 is 0 Å². The number of aromatic nitrogens is 1. The first-order valence-corrected chi connectivity index (χ1v) is 6.47. The van der Waals surface area contributed by atoms with E-state index in [4.69, 9.17) is 11.6 Å². The largest absolute Gasteiger partial charge is 0.301 e. The van der Waals surface area contributed by atoms with Crippen LogP contribution in [0.15, 0.2) is 35.4 Å². The Bertz CT molecular complexity index is 562. The maximum atomic E-state index is 10.9. The van der Waals surface area contributed by atoms with Crippen molar-refractivity contribution in [1.82, 2.24) is 4.98 Å². The lowest BCUT2D eigenvalue weighted by atomic mass is 10.2. The highest BCUT2D eigenvalue weighted by molar-refractivity contribution is 7.99. The van der Waals surface area contributed by atoms with Gasteiger partial charge in [0.2, 0.25) is 0 Å². The van der Waals surface area contributed by atoms with E-state index in [-0.39, 0.29) is 5.69 Å². The third-order valence-corrected chi connectivity index (χ3v) is 3.77. The van der Waals surface area contributed by atoms with Gasteiger partial charge in [-0.2, -0.15) is 0 Å². The number of hydrogen-bond acceptors (Lipinski definition) is 4. The zero-order valence-corrected chi connectivity index (χ0v) is 10.4. The number of para-hydroxylation sites is 1. The number of hydrogen-bond donors (Lipinski definition) is 0. The molecule has 0 atom stereocenters. The van der Waals surface area contributed by atoms with Crippen LogP contribution in [0.2, 0.25) is 0 Å². The molecule has 1 aromatic heterocycles. The summed E-state index contributed by atoms with van der Waals surface area (Å²) >= 11 is 7.02. The molecule has 1 aromatic carbocycles. The third-order valence-electron chi connectivity index (χ3n) is 2.23. The summed E-state index contributed by atoms with van der Waals surface area (Å²) in [4.78, 5) is 15.3. The molecule has 2 rings (SSSR count). The SMILES string of the molecule is O=[N+]([O-])c1cnc2ccccc2c1SCCCl. The van der Waals surface area contributed by atoms with E-state index >= 15 is 0 Å². The summed E-state index contributed by atoms with van der Waals surface area (Å²) in [6.45, 7) is 0. The Labute approximate surface area is 107 Å². The number of benzene rings is 1. The van der Waals surface area contributed by atoms with Gasteiger partial charge in [-0.15, -0.1) is 23.4 Å². The number of rotatable bonds is 4. The van der Waals surface area contributed by atoms with E-state index in [1.165, 1.54) is 18.0 Å². The summed E-state index contributed by atoms with van der Waals surface area (Å²) in [5.41, 5.74) is 0.800. The van der Waals surface area contributed by atoms with Crippen molar-refractivity contribution in [3.63, 3.8) is 0 Å². The second kappa shape index (κ2) is 5.33. The van der Waals surface area contributed by atoms with Gasteiger partial charge in [0.1, 0.15) is 6.20 Å². The van der Waals surface area contributed by atoms with Gasteiger partial charge in [0.25, 0.3) is 0 Å². The molecule has 2 aromatic rings. The fourth-order valence-electron chi connectivity index (χ4n) is 1.53. The van der Waals surface area contributed by atoms with Crippen LogP contribution in [0.1, 0.15) is 0 Å². The van der Waals surface area contributed by atoms with Gasteiger partial charge in [0.15, 0.2) is 0 Å². The van der Waals surface area contributed by atoms with Crippen molar-refractivity contribution in [3.05, 3.63) is 40.6 Å². The van der Waals surface area contributed by atoms with Crippen molar-refractivity contribution >= 4 is 40.0 Å². The molecule has 17 heavy (non-hydrogen) atoms. The zero-order chi connectivity index (χ0) is 12.3. The van der Waals surface area contributed by atoms with Crippen LogP contribution in [0.4, 0.5) is 5.69 Å². The molecule has 0 radical (unpaired) electrons. The van der Waals surface area contributed by atoms with Crippen LogP contribution in [-0.4, -0.2) is 21.5 Å². The number of alkyl halides is 1. The van der Waals surface area contributed by atoms with Crippen molar-refractivity contribution in [2.24, 2.45) is 0 Å². The highest BCUT2D eigenvalue weighted by Crippen LogP contribution is 2.34. The van der Waals surface area contributed by atoms with Crippen LogP contribution >= 0.6 is 23.4 Å². The normalized spacial score (nSPS) is 10.6. The molecule has 0 unspecified atom stereocenters. The molecule has 88 valence electrons. The Hall–Kier alpha value is -1.33. The van der Waals surface area contributed by atoms with E-state index < -0.39 is 4.92 Å². The minimum absolute atomic E-state index is 0.0406. The van der Waals surface area contributed by atoms with Gasteiger partial charge in [0, 0.05) is 17.0 Å². The standard InChI is InChI=1S/C11H9ClN2O2S/c12-5-6-17-11-8-3-1-2-4-9(8)13-7-10(11)14(15)16/h1-4,7H,5-6H2. The Morgan fingerprint density at radius 2 is 2.18 bits per heavy atom. The first-order valence-electron chi connectivity index (χ1n) is 4.95. The molecule has 1 heterocycles. The number of thioether (sulfide) groups is 1. The Kier molecular flexibility index (Phi) is 3.81. The van der Waals surface area contributed by atoms with Crippen LogP contribution in [-0.2, 0) is 0 Å². The summed E-state index contributed by atoms with van der Waals surface area (Å²) in [7, 11) is 0. The molecule has 0 spiro atoms. The highest BCUT2D eigenvalue weighted by Gasteiger charge is 2.17. The lowest BCUT2D eigenvalue weighted by Crippen LogP contribution is -1.94. The number of nitro groups is 1. The smallest absolute Gasteiger partial charge is 0.258 e. The van der Waals surface area contributed by atoms with Crippen LogP contribution in [0.25, 0.3) is 10.9 Å². The summed E-state index contributed by atoms with van der Waals surface area (Å²) in [6.07, 6.45) is 1.30. The van der Waals surface area contributed by atoms with Gasteiger partial charge < -0.3 is 0 Å². The molecule has 0 N–H and O–H groups in total. The van der Waals surface area contributed by atoms with Gasteiger partial charge in [-0.1, -0.05) is 18.2 Å². The van der Waals surface area contributed by atoms with E-state index in [0.717, 1.165) is 10.9 Å². The molecule has 0 bridgehead atoms. The Morgan fingerprint density at radius 3 is 2.88 bits per heavy atom. The lowest BCUT2D eigenvalue weighted by Gasteiger charge is -2.05. The number of halogens is 1. The fraction of sp³-hybridized carbons (Fsp3) is 0.182. The van der Waals surface area contributed by atoms with E-state index in [1.54, 1.807) is 0 Å². The summed E-state index contributed by atoms with van der Waals surface area (Å²) in [5, 5.41) is 11.8. The average Bonchev–Trinajstić information content (AvgIpc) is 2.35. The summed E-state index contributed by atoms with van der Waals surface area (Å²) in [6, 6.07) is 7.38. The first kappa shape index (κ1) is 12.1. The maximum absolute atomic E-state index is 10.9. The third kappa shape index (κ3) is 2.50. The van der Waals surface area contributed by atoms with Crippen LogP contribution in [0.3, 0.4) is 0 Å². The molecule has 0 saturated heterocycles. The second-order valence-corrected chi connectivity index (χ2v) is 4.77. The second-order valence-electron chi connectivity index (χ2n) is 3.28. The lowest BCUT2D eigenvalue weighted by molar-refractivity contribution is -0.387. The predicted molar refractivity (Wildman–Crippen MR) is 69.8 cm³/mol. The van der Waals surface area contributed by atoms with Crippen molar-refractivity contribution in [2.45, 2.75) is 4.90 Å². The number of fused-ring (bicyclic) bond motifs is 1. The van der Waals surface area contributed by atoms with Crippen molar-refractivity contribution in [3.8, 4) is 0 Å². The average molecular weight is 269 g/mol. The zero-order valence-electron chi connectivity index (χ0n) is 8.80. The van der Waals surface area contributed by atoms with Crippen LogP contribution in [0.5, 0.6) is 0 Å². The Morgan fingerprint density at radius 1 is 1.41 bits per heavy atom. The van der Waals surface area contributed by atoms with Crippen molar-refractivity contribution in [2.75, 3.05) is 11.6 Å². The number of pyridine rings is 1. The van der Waals surface area contributed by atoms with Gasteiger partial charge in [0.05, 0.1) is 15.3 Å². The molecule has 0 amide bonds. The minimum Gasteiger partial charge on any atom is -0.258 e. The quantitative estimate of drug-likeness (QED) is 0.369. The van der Waals surface area contributed by atoms with Crippen molar-refractivity contribution in [1.29, 1.82) is 0 Å². The summed E-state index contributed by atoms with van der Waals surface area (Å²) in [5.74, 6) is 1.09. The monoisotopic (exact) mass is 268 g/mol. The molecular formula is C11H9ClN2O2S. The van der Waals surface area contributed by atoms with E-state index in [0.29, 0.717) is 16.5 Å². The molecule has 0 aliphatic heterocycles. The predicted octanol–water partition coefficient (Wildman–Crippen LogP) is 3.47. The molecule has 0 fully saturated rings. The molecule has 0 aliphatic carbocycles. The summed E-state index contributed by atoms with van der Waals surface area (Å²) < 4.78 is 0. The molecule has 6 heteroatoms. The Balaban J connectivity index is 2.61. The number of nitrogens with zero attached hydrogens (tertiary/aromatic N) is 2. The van der Waals surface area contributed by atoms with Gasteiger partial charge in [-0.25, -0.2) is 4.98 Å². The first-order chi connectivity index (χ1) is 8.24. The minimum atomic E-state index is -0.407. The van der Waals surface area contributed by atoms with Gasteiger partial charge >= 0.3 is 5.69 Å². The topological polar surface area (TPSA) is 56.0 Å². The maximum Gasteiger partial charge on any atom is 0.301 e. The fourth-order valence-corrected chi connectivity index (χ4v) is 2.64. The molecular weight excluding hydrogens is 260 g/mol. The van der Waals surface area contributed by atoms with E-state index in [9.17, 15) is 10.1 Å². The van der Waals surface area contributed by atoms with Gasteiger partial charge in [-0.05, 0) is 6.07 Å². The molecule has 0 aliphatic rings. The molecule has 4 nitrogen and oxygen atoms in total.